The van der Waals surface area contributed by atoms with Crippen molar-refractivity contribution in [1.82, 2.24) is 0 Å². The van der Waals surface area contributed by atoms with E-state index in [0.29, 0.717) is 24.2 Å². The molecule has 0 heterocycles. The summed E-state index contributed by atoms with van der Waals surface area (Å²) in [5, 5.41) is 0. The number of carbonyl (C=O) groups excluding carboxylic acids is 2. The molecular weight excluding hydrogens is 464 g/mol. The van der Waals surface area contributed by atoms with Crippen LogP contribution in [0.5, 0.6) is 0 Å². The average molecular weight is 509 g/mol. The molecule has 3 saturated carbocycles. The Morgan fingerprint density at radius 3 is 2.51 bits per heavy atom. The standard InChI is InChI=1S/C28H44O6S/c1-18(29)7-6-14-28-16-13-25-23(26(28)11-10-24(28)19(2)34-35(5,31)32)9-8-21-17-22(33-20(3)30)12-15-27(21,25)4/h8,19,22-26H,6-7,9-17H2,1-5H3/t19-,22-,23+,24+,25-,26-,27-,28+/m0/s1. The zero-order valence-electron chi connectivity index (χ0n) is 22.2. The minimum Gasteiger partial charge on any atom is -0.462 e. The van der Waals surface area contributed by atoms with Crippen molar-refractivity contribution >= 4 is 21.9 Å². The van der Waals surface area contributed by atoms with Gasteiger partial charge in [-0.05, 0) is 106 Å². The summed E-state index contributed by atoms with van der Waals surface area (Å²) in [5.41, 5.74) is 1.67. The number of hydrogen-bond donors (Lipinski definition) is 0. The second kappa shape index (κ2) is 9.92. The molecule has 7 heteroatoms. The monoisotopic (exact) mass is 508 g/mol. The van der Waals surface area contributed by atoms with E-state index in [9.17, 15) is 18.0 Å². The number of ether oxygens (including phenoxy) is 1. The Bertz CT molecular complexity index is 970. The molecule has 0 aromatic carbocycles. The van der Waals surface area contributed by atoms with Crippen molar-refractivity contribution in [1.29, 1.82) is 0 Å². The molecule has 4 rings (SSSR count). The number of esters is 1. The van der Waals surface area contributed by atoms with E-state index >= 15 is 0 Å². The maximum atomic E-state index is 12.0. The van der Waals surface area contributed by atoms with Crippen LogP contribution >= 0.6 is 0 Å². The molecule has 4 aliphatic carbocycles. The lowest BCUT2D eigenvalue weighted by atomic mass is 9.46. The summed E-state index contributed by atoms with van der Waals surface area (Å²) in [7, 11) is -3.52. The molecule has 0 radical (unpaired) electrons. The molecule has 0 saturated heterocycles. The van der Waals surface area contributed by atoms with Gasteiger partial charge in [-0.1, -0.05) is 18.6 Å². The number of ketones is 1. The predicted molar refractivity (Wildman–Crippen MR) is 135 cm³/mol. The molecule has 0 unspecified atom stereocenters. The van der Waals surface area contributed by atoms with Gasteiger partial charge >= 0.3 is 5.97 Å². The first kappa shape index (κ1) is 26.8. The lowest BCUT2D eigenvalue weighted by Gasteiger charge is -2.59. The molecule has 0 aliphatic heterocycles. The first-order chi connectivity index (χ1) is 16.4. The van der Waals surface area contributed by atoms with E-state index in [4.69, 9.17) is 8.92 Å². The number of allylic oxidation sites excluding steroid dienone is 1. The van der Waals surface area contributed by atoms with Crippen molar-refractivity contribution in [2.75, 3.05) is 6.26 Å². The van der Waals surface area contributed by atoms with E-state index in [1.165, 1.54) is 12.5 Å². The molecule has 0 aromatic heterocycles. The van der Waals surface area contributed by atoms with E-state index in [1.807, 2.05) is 6.92 Å². The maximum Gasteiger partial charge on any atom is 0.302 e. The van der Waals surface area contributed by atoms with Crippen LogP contribution in [-0.2, 0) is 28.6 Å². The minimum absolute atomic E-state index is 0.00230. The van der Waals surface area contributed by atoms with Gasteiger partial charge in [-0.15, -0.1) is 0 Å². The van der Waals surface area contributed by atoms with Gasteiger partial charge in [0.2, 0.25) is 0 Å². The molecule has 6 nitrogen and oxygen atoms in total. The van der Waals surface area contributed by atoms with E-state index in [2.05, 4.69) is 13.0 Å². The van der Waals surface area contributed by atoms with Crippen molar-refractivity contribution in [2.24, 2.45) is 34.5 Å². The Kier molecular flexibility index (Phi) is 7.61. The lowest BCUT2D eigenvalue weighted by molar-refractivity contribution is -0.149. The van der Waals surface area contributed by atoms with Crippen molar-refractivity contribution in [2.45, 2.75) is 111 Å². The number of Topliss-reactive ketones (excluding diaryl/α,β-unsaturated/α-hetero) is 1. The summed E-state index contributed by atoms with van der Waals surface area (Å²) in [5.74, 6) is 1.96. The molecule has 0 aromatic rings. The zero-order chi connectivity index (χ0) is 25.6. The maximum absolute atomic E-state index is 12.0. The Balaban J connectivity index is 1.60. The third-order valence-corrected chi connectivity index (χ3v) is 10.9. The van der Waals surface area contributed by atoms with Crippen LogP contribution in [0.25, 0.3) is 0 Å². The van der Waals surface area contributed by atoms with Crippen LogP contribution in [0.15, 0.2) is 11.6 Å². The predicted octanol–water partition coefficient (Wildman–Crippen LogP) is 5.60. The summed E-state index contributed by atoms with van der Waals surface area (Å²) >= 11 is 0. The van der Waals surface area contributed by atoms with Crippen LogP contribution in [0.2, 0.25) is 0 Å². The molecular formula is C28H44O6S. The molecule has 0 spiro atoms. The van der Waals surface area contributed by atoms with Gasteiger partial charge in [0.15, 0.2) is 0 Å². The van der Waals surface area contributed by atoms with Gasteiger partial charge in [0.1, 0.15) is 11.9 Å². The third kappa shape index (κ3) is 5.27. The zero-order valence-corrected chi connectivity index (χ0v) is 23.0. The van der Waals surface area contributed by atoms with Crippen molar-refractivity contribution in [3.63, 3.8) is 0 Å². The number of carbonyl (C=O) groups is 2. The normalized spacial score (nSPS) is 39.6. The van der Waals surface area contributed by atoms with Crippen molar-refractivity contribution in [3.05, 3.63) is 11.6 Å². The molecule has 0 N–H and O–H groups in total. The number of fused-ring (bicyclic) bond motifs is 5. The van der Waals surface area contributed by atoms with Crippen molar-refractivity contribution < 1.29 is 26.9 Å². The Hall–Kier alpha value is -1.21. The van der Waals surface area contributed by atoms with Crippen LogP contribution in [0, 0.1) is 34.5 Å². The van der Waals surface area contributed by atoms with E-state index in [0.717, 1.165) is 70.5 Å². The highest BCUT2D eigenvalue weighted by molar-refractivity contribution is 7.86. The Morgan fingerprint density at radius 1 is 1.11 bits per heavy atom. The van der Waals surface area contributed by atoms with Crippen molar-refractivity contribution in [3.8, 4) is 0 Å². The van der Waals surface area contributed by atoms with Crippen LogP contribution in [0.4, 0.5) is 0 Å². The highest BCUT2D eigenvalue weighted by Crippen LogP contribution is 2.68. The topological polar surface area (TPSA) is 86.7 Å². The molecule has 35 heavy (non-hydrogen) atoms. The smallest absolute Gasteiger partial charge is 0.302 e. The van der Waals surface area contributed by atoms with Gasteiger partial charge in [0.05, 0.1) is 12.4 Å². The van der Waals surface area contributed by atoms with Crippen LogP contribution in [0.1, 0.15) is 98.3 Å². The fourth-order valence-corrected chi connectivity index (χ4v) is 9.71. The van der Waals surface area contributed by atoms with Gasteiger partial charge in [0, 0.05) is 19.8 Å². The summed E-state index contributed by atoms with van der Waals surface area (Å²) in [6.07, 6.45) is 13.9. The average Bonchev–Trinajstić information content (AvgIpc) is 3.12. The van der Waals surface area contributed by atoms with Gasteiger partial charge in [0.25, 0.3) is 10.1 Å². The van der Waals surface area contributed by atoms with Gasteiger partial charge in [-0.2, -0.15) is 8.42 Å². The molecule has 8 atom stereocenters. The number of hydrogen-bond acceptors (Lipinski definition) is 6. The van der Waals surface area contributed by atoms with Gasteiger partial charge in [-0.3, -0.25) is 8.98 Å². The van der Waals surface area contributed by atoms with E-state index < -0.39 is 10.1 Å². The second-order valence-corrected chi connectivity index (χ2v) is 13.9. The largest absolute Gasteiger partial charge is 0.462 e. The fraction of sp³-hybridized carbons (Fsp3) is 0.857. The number of rotatable bonds is 8. The first-order valence-corrected chi connectivity index (χ1v) is 15.4. The highest BCUT2D eigenvalue weighted by atomic mass is 32.2. The summed E-state index contributed by atoms with van der Waals surface area (Å²) in [6.45, 7) is 7.53. The van der Waals surface area contributed by atoms with E-state index in [-0.39, 0.29) is 40.7 Å². The third-order valence-electron chi connectivity index (χ3n) is 10.2. The minimum atomic E-state index is -3.52. The quantitative estimate of drug-likeness (QED) is 0.241. The lowest BCUT2D eigenvalue weighted by Crippen LogP contribution is -2.52. The molecule has 0 bridgehead atoms. The van der Waals surface area contributed by atoms with Crippen LogP contribution < -0.4 is 0 Å². The van der Waals surface area contributed by atoms with E-state index in [1.54, 1.807) is 6.92 Å². The first-order valence-electron chi connectivity index (χ1n) is 13.6. The summed E-state index contributed by atoms with van der Waals surface area (Å²) in [4.78, 5) is 23.3. The molecule has 0 amide bonds. The Morgan fingerprint density at radius 2 is 1.86 bits per heavy atom. The molecule has 3 fully saturated rings. The molecule has 198 valence electrons. The van der Waals surface area contributed by atoms with Crippen LogP contribution in [-0.4, -0.2) is 38.6 Å². The summed E-state index contributed by atoms with van der Waals surface area (Å²) in [6, 6.07) is 0. The second-order valence-electron chi connectivity index (χ2n) is 12.3. The Labute approximate surface area is 211 Å². The van der Waals surface area contributed by atoms with Gasteiger partial charge < -0.3 is 9.53 Å². The summed E-state index contributed by atoms with van der Waals surface area (Å²) < 4.78 is 35.1. The fourth-order valence-electron chi connectivity index (χ4n) is 9.02. The highest BCUT2D eigenvalue weighted by Gasteiger charge is 2.61. The van der Waals surface area contributed by atoms with Gasteiger partial charge in [-0.25, -0.2) is 0 Å². The SMILES string of the molecule is CC(=O)CCC[C@]12CC[C@H]3[C@@H](CC=C4C[C@@H](OC(C)=O)CC[C@@]43C)[C@@H]1CC[C@@H]2[C@H](C)OS(C)(=O)=O. The molecule has 4 aliphatic rings. The van der Waals surface area contributed by atoms with Crippen LogP contribution in [0.3, 0.4) is 0 Å².